The van der Waals surface area contributed by atoms with E-state index in [4.69, 9.17) is 11.5 Å². The summed E-state index contributed by atoms with van der Waals surface area (Å²) in [5.74, 6) is 0. The number of nitrogens with two attached hydrogens (primary N) is 2. The van der Waals surface area contributed by atoms with Gasteiger partial charge in [-0.2, -0.15) is 0 Å². The van der Waals surface area contributed by atoms with Gasteiger partial charge in [-0.3, -0.25) is 0 Å². The number of hydrogen-bond acceptors (Lipinski definition) is 2. The molecule has 0 saturated heterocycles. The molecular formula is C8H15N2Re-. The smallest absolute Gasteiger partial charge is 0.00159 e. The van der Waals surface area contributed by atoms with Gasteiger partial charge in [-0.25, -0.2) is 6.08 Å². The zero-order valence-electron chi connectivity index (χ0n) is 7.19. The maximum atomic E-state index is 5.48. The monoisotopic (exact) mass is 326 g/mol. The van der Waals surface area contributed by atoms with Crippen molar-refractivity contribution in [1.29, 1.82) is 0 Å². The number of hydrogen-bond donors (Lipinski definition) is 2. The third kappa shape index (κ3) is 7.64. The fourth-order valence-corrected chi connectivity index (χ4v) is 0.843. The molecule has 0 rings (SSSR count). The summed E-state index contributed by atoms with van der Waals surface area (Å²) >= 11 is 0. The second-order valence-electron chi connectivity index (χ2n) is 3.02. The van der Waals surface area contributed by atoms with Crippen LogP contribution in [0.2, 0.25) is 0 Å². The maximum absolute atomic E-state index is 5.48. The van der Waals surface area contributed by atoms with Crippen molar-refractivity contribution in [3.8, 4) is 0 Å². The van der Waals surface area contributed by atoms with Gasteiger partial charge in [-0.05, 0) is 12.3 Å². The SMILES string of the molecule is C/C(N)=C/C(C)(C)C=[C-]N.[Re]. The summed E-state index contributed by atoms with van der Waals surface area (Å²) in [5, 5.41) is 0. The zero-order valence-corrected chi connectivity index (χ0v) is 9.90. The van der Waals surface area contributed by atoms with Crippen molar-refractivity contribution in [3.05, 3.63) is 24.0 Å². The van der Waals surface area contributed by atoms with E-state index in [1.165, 1.54) is 0 Å². The van der Waals surface area contributed by atoms with Crippen LogP contribution in [0.25, 0.3) is 0 Å². The minimum absolute atomic E-state index is 0. The summed E-state index contributed by atoms with van der Waals surface area (Å²) in [7, 11) is 0. The van der Waals surface area contributed by atoms with Crippen molar-refractivity contribution in [2.75, 3.05) is 0 Å². The van der Waals surface area contributed by atoms with Gasteiger partial charge >= 0.3 is 0 Å². The van der Waals surface area contributed by atoms with Gasteiger partial charge < -0.3 is 17.7 Å². The molecule has 1 radical (unpaired) electrons. The van der Waals surface area contributed by atoms with Crippen LogP contribution in [0.3, 0.4) is 0 Å². The van der Waals surface area contributed by atoms with E-state index in [1.54, 1.807) is 6.08 Å². The van der Waals surface area contributed by atoms with Gasteiger partial charge in [0.1, 0.15) is 0 Å². The van der Waals surface area contributed by atoms with Gasteiger partial charge in [0.15, 0.2) is 0 Å². The molecule has 0 atom stereocenters. The predicted molar refractivity (Wildman–Crippen MR) is 43.7 cm³/mol. The molecule has 0 aliphatic heterocycles. The molecule has 65 valence electrons. The fourth-order valence-electron chi connectivity index (χ4n) is 0.843. The molecule has 0 aliphatic carbocycles. The maximum Gasteiger partial charge on any atom is 0.00159 e. The van der Waals surface area contributed by atoms with Crippen LogP contribution in [0.1, 0.15) is 20.8 Å². The molecule has 0 fully saturated rings. The van der Waals surface area contributed by atoms with Crippen LogP contribution in [-0.4, -0.2) is 0 Å². The van der Waals surface area contributed by atoms with Crippen molar-refractivity contribution in [1.82, 2.24) is 0 Å². The Balaban J connectivity index is 0. The van der Waals surface area contributed by atoms with Gasteiger partial charge in [0.2, 0.25) is 0 Å². The molecule has 0 bridgehead atoms. The first-order valence-corrected chi connectivity index (χ1v) is 3.23. The van der Waals surface area contributed by atoms with Gasteiger partial charge in [0.25, 0.3) is 0 Å². The topological polar surface area (TPSA) is 52.0 Å². The molecule has 3 heteroatoms. The molecule has 0 unspecified atom stereocenters. The second kappa shape index (κ2) is 5.40. The van der Waals surface area contributed by atoms with Gasteiger partial charge in [0, 0.05) is 26.1 Å². The standard InChI is InChI=1S/C8H15N2.Re/c1-7(10)6-8(2,3)4-5-9;/h4,6H,9-10H2,1-3H3;/q-1;/b7-6-;. The van der Waals surface area contributed by atoms with E-state index in [9.17, 15) is 0 Å². The third-order valence-corrected chi connectivity index (χ3v) is 1.06. The van der Waals surface area contributed by atoms with Crippen LogP contribution in [-0.2, 0) is 20.4 Å². The van der Waals surface area contributed by atoms with Crippen molar-refractivity contribution in [3.63, 3.8) is 0 Å². The van der Waals surface area contributed by atoms with Crippen LogP contribution in [0, 0.1) is 11.6 Å². The molecule has 0 heterocycles. The first-order chi connectivity index (χ1) is 4.48. The molecule has 0 spiro atoms. The van der Waals surface area contributed by atoms with Crippen molar-refractivity contribution in [2.24, 2.45) is 16.9 Å². The van der Waals surface area contributed by atoms with E-state index in [-0.39, 0.29) is 25.8 Å². The normalized spacial score (nSPS) is 13.2. The summed E-state index contributed by atoms with van der Waals surface area (Å²) < 4.78 is 0. The molecular weight excluding hydrogens is 310 g/mol. The van der Waals surface area contributed by atoms with Crippen LogP contribution < -0.4 is 11.5 Å². The summed E-state index contributed by atoms with van der Waals surface area (Å²) in [6.45, 7) is 5.89. The van der Waals surface area contributed by atoms with Crippen molar-refractivity contribution >= 4 is 0 Å². The van der Waals surface area contributed by atoms with Crippen LogP contribution in [0.15, 0.2) is 17.8 Å². The summed E-state index contributed by atoms with van der Waals surface area (Å²) in [4.78, 5) is 0. The Morgan fingerprint density at radius 3 is 2.18 bits per heavy atom. The molecule has 0 aromatic heterocycles. The third-order valence-electron chi connectivity index (χ3n) is 1.06. The average Bonchev–Trinajstić information content (AvgIpc) is 1.59. The molecule has 2 nitrogen and oxygen atoms in total. The van der Waals surface area contributed by atoms with Gasteiger partial charge in [-0.15, -0.1) is 0 Å². The second-order valence-corrected chi connectivity index (χ2v) is 3.02. The van der Waals surface area contributed by atoms with Crippen LogP contribution in [0.4, 0.5) is 0 Å². The average molecular weight is 325 g/mol. The van der Waals surface area contributed by atoms with Gasteiger partial charge in [0.05, 0.1) is 0 Å². The van der Waals surface area contributed by atoms with Crippen LogP contribution >= 0.6 is 0 Å². The Morgan fingerprint density at radius 2 is 1.91 bits per heavy atom. The Morgan fingerprint density at radius 1 is 1.45 bits per heavy atom. The summed E-state index contributed by atoms with van der Waals surface area (Å²) in [6.07, 6.45) is 6.21. The minimum Gasteiger partial charge on any atom is -0.580 e. The van der Waals surface area contributed by atoms with E-state index < -0.39 is 0 Å². The van der Waals surface area contributed by atoms with E-state index >= 15 is 0 Å². The molecule has 4 N–H and O–H groups in total. The van der Waals surface area contributed by atoms with E-state index in [1.807, 2.05) is 26.8 Å². The predicted octanol–water partition coefficient (Wildman–Crippen LogP) is 1.15. The molecule has 0 amide bonds. The number of allylic oxidation sites excluding steroid dienone is 3. The van der Waals surface area contributed by atoms with Gasteiger partial charge in [-0.1, -0.05) is 19.9 Å². The zero-order chi connectivity index (χ0) is 8.20. The van der Waals surface area contributed by atoms with E-state index in [2.05, 4.69) is 6.20 Å². The summed E-state index contributed by atoms with van der Waals surface area (Å²) in [6, 6.07) is 0. The summed E-state index contributed by atoms with van der Waals surface area (Å²) in [5.41, 5.74) is 11.3. The quantitative estimate of drug-likeness (QED) is 0.591. The molecule has 0 aromatic rings. The van der Waals surface area contributed by atoms with E-state index in [0.29, 0.717) is 0 Å². The molecule has 0 aromatic carbocycles. The largest absolute Gasteiger partial charge is 0.580 e. The Labute approximate surface area is 82.4 Å². The van der Waals surface area contributed by atoms with Crippen molar-refractivity contribution < 1.29 is 20.4 Å². The minimum atomic E-state index is -0.0758. The number of rotatable bonds is 2. The Bertz CT molecular complexity index is 155. The van der Waals surface area contributed by atoms with E-state index in [0.717, 1.165) is 5.70 Å². The molecule has 11 heavy (non-hydrogen) atoms. The first kappa shape index (κ1) is 13.3. The molecule has 0 aliphatic rings. The Kier molecular flexibility index (Phi) is 6.55. The fraction of sp³-hybridized carbons (Fsp3) is 0.500. The van der Waals surface area contributed by atoms with Crippen molar-refractivity contribution in [2.45, 2.75) is 20.8 Å². The molecule has 0 saturated carbocycles. The first-order valence-electron chi connectivity index (χ1n) is 3.23. The van der Waals surface area contributed by atoms with Crippen LogP contribution in [0.5, 0.6) is 0 Å². The Hall–Kier alpha value is -0.258.